The quantitative estimate of drug-likeness (QED) is 0.734. The van der Waals surface area contributed by atoms with E-state index in [0.717, 1.165) is 32.4 Å². The Bertz CT molecular complexity index is 613. The molecular formula is C19H25N3O2. The van der Waals surface area contributed by atoms with Crippen molar-refractivity contribution in [2.24, 2.45) is 0 Å². The van der Waals surface area contributed by atoms with Gasteiger partial charge in [0.25, 0.3) is 0 Å². The maximum Gasteiger partial charge on any atom is 0.222 e. The maximum atomic E-state index is 12.4. The van der Waals surface area contributed by atoms with Crippen molar-refractivity contribution in [1.29, 1.82) is 0 Å². The molecule has 5 nitrogen and oxygen atoms in total. The summed E-state index contributed by atoms with van der Waals surface area (Å²) in [5, 5.41) is 0. The molecule has 1 saturated heterocycles. The van der Waals surface area contributed by atoms with Crippen LogP contribution in [0.4, 0.5) is 0 Å². The Morgan fingerprint density at radius 1 is 1.29 bits per heavy atom. The summed E-state index contributed by atoms with van der Waals surface area (Å²) in [7, 11) is 0. The molecule has 5 heteroatoms. The smallest absolute Gasteiger partial charge is 0.222 e. The van der Waals surface area contributed by atoms with E-state index >= 15 is 0 Å². The first-order chi connectivity index (χ1) is 11.8. The molecule has 24 heavy (non-hydrogen) atoms. The van der Waals surface area contributed by atoms with Crippen LogP contribution in [-0.4, -0.2) is 40.1 Å². The fraction of sp³-hybridized carbons (Fsp3) is 0.474. The lowest BCUT2D eigenvalue weighted by molar-refractivity contribution is -0.133. The lowest BCUT2D eigenvalue weighted by atomic mass is 10.0. The van der Waals surface area contributed by atoms with Crippen molar-refractivity contribution in [3.05, 3.63) is 54.6 Å². The SMILES string of the molecule is O=C(CCCOCc1ccccc1)N1CCCC(n2ccnc2)C1. The maximum absolute atomic E-state index is 12.4. The van der Waals surface area contributed by atoms with Gasteiger partial charge < -0.3 is 14.2 Å². The van der Waals surface area contributed by atoms with Crippen LogP contribution in [0.2, 0.25) is 0 Å². The molecular weight excluding hydrogens is 302 g/mol. The summed E-state index contributed by atoms with van der Waals surface area (Å²) in [5.41, 5.74) is 1.17. The summed E-state index contributed by atoms with van der Waals surface area (Å²) in [5.74, 6) is 0.239. The van der Waals surface area contributed by atoms with Crippen LogP contribution in [0.25, 0.3) is 0 Å². The van der Waals surface area contributed by atoms with Crippen LogP contribution < -0.4 is 0 Å². The van der Waals surface area contributed by atoms with E-state index in [9.17, 15) is 4.79 Å². The van der Waals surface area contributed by atoms with Gasteiger partial charge in [-0.15, -0.1) is 0 Å². The number of ether oxygens (including phenoxy) is 1. The largest absolute Gasteiger partial charge is 0.377 e. The summed E-state index contributed by atoms with van der Waals surface area (Å²) in [4.78, 5) is 18.5. The average Bonchev–Trinajstić information content (AvgIpc) is 3.17. The highest BCUT2D eigenvalue weighted by Gasteiger charge is 2.23. The highest BCUT2D eigenvalue weighted by Crippen LogP contribution is 2.21. The fourth-order valence-electron chi connectivity index (χ4n) is 3.16. The van der Waals surface area contributed by atoms with Crippen LogP contribution in [0.3, 0.4) is 0 Å². The molecule has 0 aliphatic carbocycles. The number of likely N-dealkylation sites (tertiary alicyclic amines) is 1. The average molecular weight is 327 g/mol. The Morgan fingerprint density at radius 3 is 2.96 bits per heavy atom. The third-order valence-electron chi connectivity index (χ3n) is 4.49. The number of hydrogen-bond acceptors (Lipinski definition) is 3. The first-order valence-electron chi connectivity index (χ1n) is 8.70. The molecule has 2 heterocycles. The van der Waals surface area contributed by atoms with Crippen molar-refractivity contribution in [3.63, 3.8) is 0 Å². The van der Waals surface area contributed by atoms with Gasteiger partial charge in [-0.2, -0.15) is 0 Å². The second kappa shape index (κ2) is 8.64. The molecule has 0 saturated carbocycles. The molecule has 1 amide bonds. The number of benzene rings is 1. The van der Waals surface area contributed by atoms with E-state index in [2.05, 4.69) is 21.7 Å². The lowest BCUT2D eigenvalue weighted by Crippen LogP contribution is -2.40. The fourth-order valence-corrected chi connectivity index (χ4v) is 3.16. The molecule has 3 rings (SSSR count). The van der Waals surface area contributed by atoms with E-state index in [-0.39, 0.29) is 5.91 Å². The molecule has 0 radical (unpaired) electrons. The van der Waals surface area contributed by atoms with Crippen LogP contribution >= 0.6 is 0 Å². The highest BCUT2D eigenvalue weighted by molar-refractivity contribution is 5.76. The van der Waals surface area contributed by atoms with E-state index in [1.54, 1.807) is 6.20 Å². The number of carbonyl (C=O) groups is 1. The van der Waals surface area contributed by atoms with Gasteiger partial charge in [0, 0.05) is 38.5 Å². The van der Waals surface area contributed by atoms with Crippen molar-refractivity contribution in [2.45, 2.75) is 38.3 Å². The number of aromatic nitrogens is 2. The van der Waals surface area contributed by atoms with E-state index in [4.69, 9.17) is 4.74 Å². The van der Waals surface area contributed by atoms with Crippen LogP contribution in [-0.2, 0) is 16.1 Å². The third kappa shape index (κ3) is 4.68. The van der Waals surface area contributed by atoms with Gasteiger partial charge >= 0.3 is 0 Å². The minimum absolute atomic E-state index is 0.239. The molecule has 1 aromatic heterocycles. The number of rotatable bonds is 7. The van der Waals surface area contributed by atoms with Gasteiger partial charge in [-0.05, 0) is 24.8 Å². The minimum atomic E-state index is 0.239. The molecule has 1 aliphatic heterocycles. The standard InChI is InChI=1S/C19H25N3O2/c23-19(9-5-13-24-15-17-6-2-1-3-7-17)21-11-4-8-18(14-21)22-12-10-20-16-22/h1-3,6-7,10,12,16,18H,4-5,8-9,11,13-15H2. The van der Waals surface area contributed by atoms with Gasteiger partial charge in [-0.1, -0.05) is 30.3 Å². The molecule has 0 N–H and O–H groups in total. The number of amides is 1. The van der Waals surface area contributed by atoms with E-state index in [1.165, 1.54) is 5.56 Å². The summed E-state index contributed by atoms with van der Waals surface area (Å²) in [6, 6.07) is 10.5. The van der Waals surface area contributed by atoms with Gasteiger partial charge in [-0.3, -0.25) is 4.79 Å². The van der Waals surface area contributed by atoms with Crippen LogP contribution in [0.1, 0.15) is 37.3 Å². The Balaban J connectivity index is 1.36. The second-order valence-corrected chi connectivity index (χ2v) is 6.29. The van der Waals surface area contributed by atoms with E-state index in [1.807, 2.05) is 35.6 Å². The van der Waals surface area contributed by atoms with Crippen molar-refractivity contribution >= 4 is 5.91 Å². The molecule has 0 bridgehead atoms. The van der Waals surface area contributed by atoms with Crippen molar-refractivity contribution in [3.8, 4) is 0 Å². The van der Waals surface area contributed by atoms with Crippen molar-refractivity contribution < 1.29 is 9.53 Å². The molecule has 1 fully saturated rings. The van der Waals surface area contributed by atoms with Gasteiger partial charge in [0.1, 0.15) is 0 Å². The zero-order valence-corrected chi connectivity index (χ0v) is 14.0. The first kappa shape index (κ1) is 16.7. The first-order valence-corrected chi connectivity index (χ1v) is 8.70. The molecule has 1 aliphatic rings. The summed E-state index contributed by atoms with van der Waals surface area (Å²) in [6.45, 7) is 2.90. The normalized spacial score (nSPS) is 17.8. The number of carbonyl (C=O) groups excluding carboxylic acids is 1. The monoisotopic (exact) mass is 327 g/mol. The number of imidazole rings is 1. The van der Waals surface area contributed by atoms with E-state index < -0.39 is 0 Å². The highest BCUT2D eigenvalue weighted by atomic mass is 16.5. The van der Waals surface area contributed by atoms with Gasteiger partial charge in [0.15, 0.2) is 0 Å². The zero-order chi connectivity index (χ0) is 16.6. The predicted molar refractivity (Wildman–Crippen MR) is 92.4 cm³/mol. The van der Waals surface area contributed by atoms with Crippen LogP contribution in [0, 0.1) is 0 Å². The van der Waals surface area contributed by atoms with Crippen molar-refractivity contribution in [1.82, 2.24) is 14.5 Å². The minimum Gasteiger partial charge on any atom is -0.377 e. The Kier molecular flexibility index (Phi) is 6.01. The Labute approximate surface area is 143 Å². The third-order valence-corrected chi connectivity index (χ3v) is 4.49. The van der Waals surface area contributed by atoms with E-state index in [0.29, 0.717) is 25.7 Å². The summed E-state index contributed by atoms with van der Waals surface area (Å²) in [6.07, 6.45) is 9.12. The number of piperidine rings is 1. The molecule has 1 atom stereocenters. The second-order valence-electron chi connectivity index (χ2n) is 6.29. The summed E-state index contributed by atoms with van der Waals surface area (Å²) < 4.78 is 7.77. The zero-order valence-electron chi connectivity index (χ0n) is 14.0. The van der Waals surface area contributed by atoms with Gasteiger partial charge in [0.2, 0.25) is 5.91 Å². The predicted octanol–water partition coefficient (Wildman–Crippen LogP) is 3.04. The van der Waals surface area contributed by atoms with Crippen LogP contribution in [0.5, 0.6) is 0 Å². The molecule has 2 aromatic rings. The summed E-state index contributed by atoms with van der Waals surface area (Å²) >= 11 is 0. The number of hydrogen-bond donors (Lipinski definition) is 0. The van der Waals surface area contributed by atoms with Crippen LogP contribution in [0.15, 0.2) is 49.1 Å². The van der Waals surface area contributed by atoms with Gasteiger partial charge in [-0.25, -0.2) is 4.98 Å². The molecule has 0 spiro atoms. The van der Waals surface area contributed by atoms with Crippen molar-refractivity contribution in [2.75, 3.05) is 19.7 Å². The molecule has 128 valence electrons. The number of nitrogens with zero attached hydrogens (tertiary/aromatic N) is 3. The lowest BCUT2D eigenvalue weighted by Gasteiger charge is -2.33. The Hall–Kier alpha value is -2.14. The topological polar surface area (TPSA) is 47.4 Å². The molecule has 1 unspecified atom stereocenters. The van der Waals surface area contributed by atoms with Gasteiger partial charge in [0.05, 0.1) is 19.0 Å². The Morgan fingerprint density at radius 2 is 2.17 bits per heavy atom. The molecule has 1 aromatic carbocycles.